The lowest BCUT2D eigenvalue weighted by Gasteiger charge is -2.13. The van der Waals surface area contributed by atoms with E-state index in [0.29, 0.717) is 42.8 Å². The van der Waals surface area contributed by atoms with Gasteiger partial charge in [-0.05, 0) is 47.1 Å². The van der Waals surface area contributed by atoms with Crippen molar-refractivity contribution in [1.29, 1.82) is 0 Å². The Morgan fingerprint density at radius 1 is 1.17 bits per heavy atom. The highest BCUT2D eigenvalue weighted by Crippen LogP contribution is 2.34. The Morgan fingerprint density at radius 2 is 2.00 bits per heavy atom. The predicted molar refractivity (Wildman–Crippen MR) is 117 cm³/mol. The van der Waals surface area contributed by atoms with Gasteiger partial charge >= 0.3 is 0 Å². The smallest absolute Gasteiger partial charge is 0.259 e. The SMILES string of the molecule is COc1cnc(Cl)cc1-c1cc(C)ncc1C(=O)Nc1nc2ccc(Br)nc2s1. The zero-order valence-corrected chi connectivity index (χ0v) is 18.4. The number of amides is 1. The fourth-order valence-electron chi connectivity index (χ4n) is 2.77. The minimum Gasteiger partial charge on any atom is -0.494 e. The highest BCUT2D eigenvalue weighted by atomic mass is 79.9. The number of nitrogens with one attached hydrogen (secondary N) is 1. The van der Waals surface area contributed by atoms with Gasteiger partial charge < -0.3 is 4.74 Å². The molecule has 0 aliphatic carbocycles. The van der Waals surface area contributed by atoms with Crippen molar-refractivity contribution in [2.45, 2.75) is 6.92 Å². The molecule has 7 nitrogen and oxygen atoms in total. The molecule has 4 rings (SSSR count). The van der Waals surface area contributed by atoms with E-state index in [1.165, 1.54) is 30.8 Å². The Balaban J connectivity index is 1.75. The van der Waals surface area contributed by atoms with Gasteiger partial charge in [-0.3, -0.25) is 15.1 Å². The minimum absolute atomic E-state index is 0.296. The highest BCUT2D eigenvalue weighted by molar-refractivity contribution is 9.10. The maximum absolute atomic E-state index is 13.0. The van der Waals surface area contributed by atoms with Crippen LogP contribution in [0, 0.1) is 6.92 Å². The first kappa shape index (κ1) is 19.7. The van der Waals surface area contributed by atoms with Gasteiger partial charge in [0.2, 0.25) is 0 Å². The van der Waals surface area contributed by atoms with Crippen LogP contribution in [0.2, 0.25) is 5.15 Å². The van der Waals surface area contributed by atoms with Gasteiger partial charge in [0.05, 0.1) is 18.9 Å². The Morgan fingerprint density at radius 3 is 2.79 bits per heavy atom. The van der Waals surface area contributed by atoms with Crippen molar-refractivity contribution in [3.8, 4) is 16.9 Å². The molecule has 4 aromatic rings. The van der Waals surface area contributed by atoms with Gasteiger partial charge in [0.1, 0.15) is 25.9 Å². The van der Waals surface area contributed by atoms with Gasteiger partial charge in [-0.1, -0.05) is 22.9 Å². The van der Waals surface area contributed by atoms with Gasteiger partial charge in [0.25, 0.3) is 5.91 Å². The molecule has 10 heteroatoms. The lowest BCUT2D eigenvalue weighted by molar-refractivity contribution is 0.102. The lowest BCUT2D eigenvalue weighted by Crippen LogP contribution is -2.14. The molecule has 0 saturated heterocycles. The number of halogens is 2. The van der Waals surface area contributed by atoms with E-state index in [-0.39, 0.29) is 5.91 Å². The summed E-state index contributed by atoms with van der Waals surface area (Å²) in [7, 11) is 1.54. The third kappa shape index (κ3) is 4.07. The van der Waals surface area contributed by atoms with E-state index >= 15 is 0 Å². The normalized spacial score (nSPS) is 10.9. The van der Waals surface area contributed by atoms with E-state index in [4.69, 9.17) is 16.3 Å². The van der Waals surface area contributed by atoms with E-state index in [2.05, 4.69) is 41.2 Å². The summed E-state index contributed by atoms with van der Waals surface area (Å²) in [6.45, 7) is 1.84. The van der Waals surface area contributed by atoms with Crippen LogP contribution in [0.15, 0.2) is 41.3 Å². The molecule has 0 saturated carbocycles. The third-order valence-corrected chi connectivity index (χ3v) is 5.60. The molecule has 0 fully saturated rings. The molecule has 0 aromatic carbocycles. The number of hydrogen-bond donors (Lipinski definition) is 1. The Bertz CT molecular complexity index is 1250. The molecule has 0 aliphatic heterocycles. The monoisotopic (exact) mass is 489 g/mol. The summed E-state index contributed by atoms with van der Waals surface area (Å²) in [5, 5.41) is 3.57. The number of aromatic nitrogens is 4. The first-order valence-electron chi connectivity index (χ1n) is 8.35. The van der Waals surface area contributed by atoms with Gasteiger partial charge in [-0.15, -0.1) is 0 Å². The standard InChI is InChI=1S/C19H13BrClN5O2S/c1-9-5-10(11-6-16(21)23-8-14(11)28-2)12(7-22-9)17(27)26-19-24-13-3-4-15(20)25-18(13)29-19/h3-8H,1-2H3,(H,24,26,27). The molecule has 4 heterocycles. The number of methoxy groups -OCH3 is 1. The van der Waals surface area contributed by atoms with Crippen LogP contribution in [0.5, 0.6) is 5.75 Å². The number of ether oxygens (including phenoxy) is 1. The lowest BCUT2D eigenvalue weighted by atomic mass is 10.0. The van der Waals surface area contributed by atoms with Gasteiger partial charge in [0, 0.05) is 23.0 Å². The second-order valence-corrected chi connectivity index (χ2v) is 8.19. The van der Waals surface area contributed by atoms with Gasteiger partial charge in [-0.25, -0.2) is 15.0 Å². The highest BCUT2D eigenvalue weighted by Gasteiger charge is 2.19. The summed E-state index contributed by atoms with van der Waals surface area (Å²) in [6, 6.07) is 7.10. The van der Waals surface area contributed by atoms with Crippen molar-refractivity contribution in [3.05, 3.63) is 57.7 Å². The Labute approximate surface area is 183 Å². The fourth-order valence-corrected chi connectivity index (χ4v) is 4.18. The third-order valence-electron chi connectivity index (χ3n) is 4.07. The Kier molecular flexibility index (Phi) is 5.44. The summed E-state index contributed by atoms with van der Waals surface area (Å²) in [6.07, 6.45) is 3.04. The van der Waals surface area contributed by atoms with Crippen LogP contribution in [-0.4, -0.2) is 33.0 Å². The number of aryl methyl sites for hydroxylation is 1. The van der Waals surface area contributed by atoms with Crippen LogP contribution in [0.3, 0.4) is 0 Å². The number of carbonyl (C=O) groups excluding carboxylic acids is 1. The average Bonchev–Trinajstić information content (AvgIpc) is 3.09. The fraction of sp³-hybridized carbons (Fsp3) is 0.105. The van der Waals surface area contributed by atoms with Crippen molar-refractivity contribution >= 4 is 60.3 Å². The summed E-state index contributed by atoms with van der Waals surface area (Å²) in [4.78, 5) is 30.8. The largest absolute Gasteiger partial charge is 0.494 e. The van der Waals surface area contributed by atoms with Crippen molar-refractivity contribution in [1.82, 2.24) is 19.9 Å². The van der Waals surface area contributed by atoms with E-state index in [1.807, 2.05) is 13.0 Å². The zero-order chi connectivity index (χ0) is 20.5. The molecular formula is C19H13BrClN5O2S. The molecule has 1 N–H and O–H groups in total. The zero-order valence-electron chi connectivity index (χ0n) is 15.2. The maximum atomic E-state index is 13.0. The van der Waals surface area contributed by atoms with Crippen LogP contribution < -0.4 is 10.1 Å². The summed E-state index contributed by atoms with van der Waals surface area (Å²) < 4.78 is 6.11. The van der Waals surface area contributed by atoms with Crippen LogP contribution in [0.4, 0.5) is 5.13 Å². The van der Waals surface area contributed by atoms with Gasteiger partial charge in [-0.2, -0.15) is 0 Å². The number of rotatable bonds is 4. The van der Waals surface area contributed by atoms with Crippen molar-refractivity contribution in [3.63, 3.8) is 0 Å². The van der Waals surface area contributed by atoms with Crippen LogP contribution in [0.1, 0.15) is 16.1 Å². The average molecular weight is 491 g/mol. The Hall–Kier alpha value is -2.62. The topological polar surface area (TPSA) is 89.9 Å². The molecular weight excluding hydrogens is 478 g/mol. The summed E-state index contributed by atoms with van der Waals surface area (Å²) >= 11 is 10.7. The van der Waals surface area contributed by atoms with Crippen LogP contribution >= 0.6 is 38.9 Å². The molecule has 0 spiro atoms. The van der Waals surface area contributed by atoms with Crippen molar-refractivity contribution in [2.24, 2.45) is 0 Å². The minimum atomic E-state index is -0.347. The van der Waals surface area contributed by atoms with Crippen molar-refractivity contribution in [2.75, 3.05) is 12.4 Å². The summed E-state index contributed by atoms with van der Waals surface area (Å²) in [5.41, 5.74) is 3.11. The quantitative estimate of drug-likeness (QED) is 0.399. The van der Waals surface area contributed by atoms with Crippen LogP contribution in [0.25, 0.3) is 21.5 Å². The van der Waals surface area contributed by atoms with Gasteiger partial charge in [0.15, 0.2) is 5.13 Å². The number of hydrogen-bond acceptors (Lipinski definition) is 7. The van der Waals surface area contributed by atoms with E-state index in [9.17, 15) is 4.79 Å². The number of anilines is 1. The first-order chi connectivity index (χ1) is 13.9. The number of fused-ring (bicyclic) bond motifs is 1. The second-order valence-electron chi connectivity index (χ2n) is 6.01. The summed E-state index contributed by atoms with van der Waals surface area (Å²) in [5.74, 6) is 0.156. The number of pyridine rings is 3. The second kappa shape index (κ2) is 8.02. The van der Waals surface area contributed by atoms with E-state index in [1.54, 1.807) is 18.2 Å². The maximum Gasteiger partial charge on any atom is 0.259 e. The molecule has 29 heavy (non-hydrogen) atoms. The molecule has 4 aromatic heterocycles. The number of thiazole rings is 1. The predicted octanol–water partition coefficient (Wildman–Crippen LogP) is 5.13. The molecule has 0 radical (unpaired) electrons. The van der Waals surface area contributed by atoms with Crippen molar-refractivity contribution < 1.29 is 9.53 Å². The number of nitrogens with zero attached hydrogens (tertiary/aromatic N) is 4. The molecule has 0 aliphatic rings. The number of carbonyl (C=O) groups is 1. The molecule has 1 amide bonds. The molecule has 0 atom stereocenters. The van der Waals surface area contributed by atoms with E-state index in [0.717, 1.165) is 10.5 Å². The van der Waals surface area contributed by atoms with E-state index < -0.39 is 0 Å². The molecule has 0 bridgehead atoms. The van der Waals surface area contributed by atoms with Crippen LogP contribution in [-0.2, 0) is 0 Å². The molecule has 0 unspecified atom stereocenters. The molecule has 146 valence electrons. The first-order valence-corrected chi connectivity index (χ1v) is 10.3.